The Morgan fingerprint density at radius 1 is 1.21 bits per heavy atom. The molecule has 0 spiro atoms. The predicted octanol–water partition coefficient (Wildman–Crippen LogP) is 0.928. The van der Waals surface area contributed by atoms with Crippen molar-refractivity contribution in [2.24, 2.45) is 5.73 Å². The van der Waals surface area contributed by atoms with E-state index < -0.39 is 11.4 Å². The van der Waals surface area contributed by atoms with Crippen LogP contribution in [-0.2, 0) is 16.0 Å². The summed E-state index contributed by atoms with van der Waals surface area (Å²) in [4.78, 5) is 27.6. The van der Waals surface area contributed by atoms with Crippen LogP contribution in [0, 0.1) is 0 Å². The maximum absolute atomic E-state index is 12.1. The zero-order chi connectivity index (χ0) is 13.7. The minimum atomic E-state index is -0.845. The topological polar surface area (TPSA) is 85.1 Å². The van der Waals surface area contributed by atoms with Crippen LogP contribution in [0.1, 0.15) is 37.7 Å². The molecular weight excluding hydrogens is 242 g/mol. The van der Waals surface area contributed by atoms with Gasteiger partial charge in [-0.05, 0) is 30.5 Å². The zero-order valence-electron chi connectivity index (χ0n) is 10.9. The van der Waals surface area contributed by atoms with Crippen LogP contribution < -0.4 is 11.1 Å². The average molecular weight is 261 g/mol. The van der Waals surface area contributed by atoms with Crippen LogP contribution in [0.4, 0.5) is 0 Å². The molecule has 0 saturated heterocycles. The van der Waals surface area contributed by atoms with Gasteiger partial charge in [0.1, 0.15) is 5.54 Å². The number of pyridine rings is 1. The Balaban J connectivity index is 2.01. The average Bonchev–Trinajstić information content (AvgIpc) is 2.40. The third kappa shape index (κ3) is 3.30. The monoisotopic (exact) mass is 261 g/mol. The van der Waals surface area contributed by atoms with Crippen molar-refractivity contribution in [2.45, 2.75) is 44.1 Å². The van der Waals surface area contributed by atoms with E-state index in [0.717, 1.165) is 24.8 Å². The maximum atomic E-state index is 12.1. The Labute approximate surface area is 112 Å². The smallest absolute Gasteiger partial charge is 0.243 e. The number of nitrogens with two attached hydrogens (primary N) is 1. The highest BCUT2D eigenvalue weighted by Crippen LogP contribution is 2.28. The maximum Gasteiger partial charge on any atom is 0.243 e. The fourth-order valence-corrected chi connectivity index (χ4v) is 2.59. The van der Waals surface area contributed by atoms with E-state index >= 15 is 0 Å². The Hall–Kier alpha value is -1.91. The van der Waals surface area contributed by atoms with E-state index in [4.69, 9.17) is 5.73 Å². The first-order chi connectivity index (χ1) is 9.12. The molecule has 19 heavy (non-hydrogen) atoms. The van der Waals surface area contributed by atoms with E-state index in [1.165, 1.54) is 0 Å². The van der Waals surface area contributed by atoms with Gasteiger partial charge in [-0.15, -0.1) is 0 Å². The Morgan fingerprint density at radius 2 is 1.84 bits per heavy atom. The van der Waals surface area contributed by atoms with E-state index in [-0.39, 0.29) is 12.3 Å². The molecule has 1 aromatic rings. The number of carbonyl (C=O) groups excluding carboxylic acids is 2. The minimum absolute atomic E-state index is 0.160. The lowest BCUT2D eigenvalue weighted by atomic mass is 9.81. The lowest BCUT2D eigenvalue weighted by Crippen LogP contribution is -2.58. The van der Waals surface area contributed by atoms with Gasteiger partial charge in [-0.2, -0.15) is 0 Å². The van der Waals surface area contributed by atoms with Crippen molar-refractivity contribution in [1.29, 1.82) is 0 Å². The summed E-state index contributed by atoms with van der Waals surface area (Å²) in [5, 5.41) is 2.85. The zero-order valence-corrected chi connectivity index (χ0v) is 10.9. The molecule has 1 aromatic heterocycles. The summed E-state index contributed by atoms with van der Waals surface area (Å²) in [5.74, 6) is -0.581. The molecule has 1 heterocycles. The summed E-state index contributed by atoms with van der Waals surface area (Å²) in [6.45, 7) is 0. The van der Waals surface area contributed by atoms with Gasteiger partial charge in [0, 0.05) is 12.4 Å². The molecular formula is C14H19N3O2. The first kappa shape index (κ1) is 13.5. The molecule has 0 aromatic carbocycles. The largest absolute Gasteiger partial charge is 0.368 e. The normalized spacial score (nSPS) is 17.7. The van der Waals surface area contributed by atoms with Crippen molar-refractivity contribution >= 4 is 11.8 Å². The standard InChI is InChI=1S/C14H19N3O2/c15-13(19)14(6-2-1-3-7-14)17-12(18)10-11-4-8-16-9-5-11/h4-5,8-9H,1-3,6-7,10H2,(H2,15,19)(H,17,18). The second-order valence-electron chi connectivity index (χ2n) is 5.09. The van der Waals surface area contributed by atoms with Gasteiger partial charge in [-0.25, -0.2) is 0 Å². The van der Waals surface area contributed by atoms with E-state index in [1.54, 1.807) is 24.5 Å². The van der Waals surface area contributed by atoms with E-state index in [0.29, 0.717) is 12.8 Å². The second kappa shape index (κ2) is 5.82. The van der Waals surface area contributed by atoms with Crippen LogP contribution in [0.25, 0.3) is 0 Å². The molecule has 0 unspecified atom stereocenters. The highest BCUT2D eigenvalue weighted by atomic mass is 16.2. The second-order valence-corrected chi connectivity index (χ2v) is 5.09. The summed E-state index contributed by atoms with van der Waals surface area (Å²) >= 11 is 0. The van der Waals surface area contributed by atoms with Crippen molar-refractivity contribution in [3.63, 3.8) is 0 Å². The number of nitrogens with zero attached hydrogens (tertiary/aromatic N) is 1. The Bertz CT molecular complexity index is 453. The number of primary amides is 1. The summed E-state index contributed by atoms with van der Waals surface area (Å²) in [7, 11) is 0. The SMILES string of the molecule is NC(=O)C1(NC(=O)Cc2ccncc2)CCCCC1. The van der Waals surface area contributed by atoms with Crippen LogP contribution in [0.15, 0.2) is 24.5 Å². The van der Waals surface area contributed by atoms with Crippen LogP contribution in [0.2, 0.25) is 0 Å². The van der Waals surface area contributed by atoms with E-state index in [1.807, 2.05) is 0 Å². The number of amides is 2. The van der Waals surface area contributed by atoms with Gasteiger partial charge >= 0.3 is 0 Å². The molecule has 102 valence electrons. The van der Waals surface area contributed by atoms with Crippen LogP contribution in [0.5, 0.6) is 0 Å². The molecule has 0 bridgehead atoms. The summed E-state index contributed by atoms with van der Waals surface area (Å²) in [6, 6.07) is 3.58. The molecule has 5 nitrogen and oxygen atoms in total. The molecule has 1 saturated carbocycles. The third-order valence-electron chi connectivity index (χ3n) is 3.67. The molecule has 0 atom stereocenters. The molecule has 1 fully saturated rings. The first-order valence-corrected chi connectivity index (χ1v) is 6.62. The number of hydrogen-bond donors (Lipinski definition) is 2. The molecule has 2 rings (SSSR count). The molecule has 5 heteroatoms. The van der Waals surface area contributed by atoms with Crippen molar-refractivity contribution in [3.05, 3.63) is 30.1 Å². The van der Waals surface area contributed by atoms with Gasteiger partial charge in [-0.1, -0.05) is 19.3 Å². The molecule has 3 N–H and O–H groups in total. The molecule has 2 amide bonds. The van der Waals surface area contributed by atoms with E-state index in [2.05, 4.69) is 10.3 Å². The van der Waals surface area contributed by atoms with Crippen LogP contribution >= 0.6 is 0 Å². The highest BCUT2D eigenvalue weighted by Gasteiger charge is 2.38. The number of hydrogen-bond acceptors (Lipinski definition) is 3. The van der Waals surface area contributed by atoms with Gasteiger partial charge < -0.3 is 11.1 Å². The fourth-order valence-electron chi connectivity index (χ4n) is 2.59. The van der Waals surface area contributed by atoms with Crippen molar-refractivity contribution in [3.8, 4) is 0 Å². The van der Waals surface area contributed by atoms with Gasteiger partial charge in [0.2, 0.25) is 11.8 Å². The van der Waals surface area contributed by atoms with Gasteiger partial charge in [0.25, 0.3) is 0 Å². The molecule has 1 aliphatic rings. The fraction of sp³-hybridized carbons (Fsp3) is 0.500. The van der Waals surface area contributed by atoms with E-state index in [9.17, 15) is 9.59 Å². The van der Waals surface area contributed by atoms with Crippen LogP contribution in [-0.4, -0.2) is 22.3 Å². The summed E-state index contributed by atoms with van der Waals surface area (Å²) < 4.78 is 0. The van der Waals surface area contributed by atoms with Crippen molar-refractivity contribution < 1.29 is 9.59 Å². The third-order valence-corrected chi connectivity index (χ3v) is 3.67. The number of aromatic nitrogens is 1. The summed E-state index contributed by atoms with van der Waals surface area (Å²) in [6.07, 6.45) is 7.78. The lowest BCUT2D eigenvalue weighted by Gasteiger charge is -2.35. The number of rotatable bonds is 4. The first-order valence-electron chi connectivity index (χ1n) is 6.62. The Kier molecular flexibility index (Phi) is 4.14. The van der Waals surface area contributed by atoms with Crippen LogP contribution in [0.3, 0.4) is 0 Å². The number of nitrogens with one attached hydrogen (secondary N) is 1. The van der Waals surface area contributed by atoms with Gasteiger partial charge in [0.15, 0.2) is 0 Å². The van der Waals surface area contributed by atoms with Crippen molar-refractivity contribution in [1.82, 2.24) is 10.3 Å². The quantitative estimate of drug-likeness (QED) is 0.845. The number of carbonyl (C=O) groups is 2. The lowest BCUT2D eigenvalue weighted by molar-refractivity contribution is -0.132. The van der Waals surface area contributed by atoms with Crippen molar-refractivity contribution in [2.75, 3.05) is 0 Å². The predicted molar refractivity (Wildman–Crippen MR) is 71.1 cm³/mol. The van der Waals surface area contributed by atoms with Gasteiger partial charge in [-0.3, -0.25) is 14.6 Å². The summed E-state index contributed by atoms with van der Waals surface area (Å²) in [5.41, 5.74) is 5.51. The molecule has 0 aliphatic heterocycles. The van der Waals surface area contributed by atoms with Gasteiger partial charge in [0.05, 0.1) is 6.42 Å². The molecule has 0 radical (unpaired) electrons. The Morgan fingerprint density at radius 3 is 2.42 bits per heavy atom. The highest BCUT2D eigenvalue weighted by molar-refractivity contribution is 5.91. The molecule has 1 aliphatic carbocycles. The minimum Gasteiger partial charge on any atom is -0.368 e.